The van der Waals surface area contributed by atoms with Crippen molar-refractivity contribution in [3.05, 3.63) is 71.0 Å². The van der Waals surface area contributed by atoms with Crippen molar-refractivity contribution in [2.45, 2.75) is 70.3 Å². The monoisotopic (exact) mass is 765 g/mol. The molecule has 1 saturated carbocycles. The van der Waals surface area contributed by atoms with Crippen molar-refractivity contribution in [2.75, 3.05) is 11.6 Å². The lowest BCUT2D eigenvalue weighted by Crippen LogP contribution is -2.47. The molecule has 3 aromatic rings. The quantitative estimate of drug-likeness (QED) is 0.160. The highest BCUT2D eigenvalue weighted by atomic mass is 35.5. The van der Waals surface area contributed by atoms with Crippen molar-refractivity contribution >= 4 is 47.8 Å². The lowest BCUT2D eigenvalue weighted by atomic mass is 9.75. The first-order valence-corrected chi connectivity index (χ1v) is 16.7. The van der Waals surface area contributed by atoms with E-state index in [1.54, 1.807) is 24.3 Å². The molecule has 1 fully saturated rings. The summed E-state index contributed by atoms with van der Waals surface area (Å²) >= 11 is 6.36. The van der Waals surface area contributed by atoms with Gasteiger partial charge >= 0.3 is 18.7 Å². The molecule has 6 rings (SSSR count). The molecule has 3 aliphatic rings. The van der Waals surface area contributed by atoms with E-state index in [2.05, 4.69) is 20.5 Å². The summed E-state index contributed by atoms with van der Waals surface area (Å²) in [5.41, 5.74) is 5.52. The minimum Gasteiger partial charge on any atom is -0.447 e. The number of carbonyl (C=O) groups excluding carboxylic acids is 2. The first-order valence-electron chi connectivity index (χ1n) is 16.3. The SMILES string of the molecule is CC(C)(C)C[C@]1(c2ccc(-c3cnn(C(F)F)c3)cc2)N=C(N)N([C@H](COC(=O)N[C@H]2C[C@@H]2C(F)F)c2ccc(Cl)c(N3N=CN=CC3(F)F)c2)C1=O. The number of hydrogen-bond acceptors (Lipinski definition) is 9. The Bertz CT molecular complexity index is 1970. The number of alkyl carbamates (subject to hydrolysis) is 1. The number of halogens is 7. The number of hydrogen-bond donors (Lipinski definition) is 2. The van der Waals surface area contributed by atoms with Crippen LogP contribution in [0, 0.1) is 11.3 Å². The van der Waals surface area contributed by atoms with Gasteiger partial charge in [-0.1, -0.05) is 62.7 Å². The smallest absolute Gasteiger partial charge is 0.407 e. The molecule has 0 spiro atoms. The zero-order chi connectivity index (χ0) is 38.5. The number of carbonyl (C=O) groups is 2. The van der Waals surface area contributed by atoms with Gasteiger partial charge in [0.1, 0.15) is 12.9 Å². The van der Waals surface area contributed by atoms with Crippen molar-refractivity contribution in [1.29, 1.82) is 0 Å². The van der Waals surface area contributed by atoms with Gasteiger partial charge in [-0.05, 0) is 47.1 Å². The fourth-order valence-corrected chi connectivity index (χ4v) is 6.59. The molecule has 0 bridgehead atoms. The van der Waals surface area contributed by atoms with E-state index in [9.17, 15) is 35.9 Å². The van der Waals surface area contributed by atoms with Crippen molar-refractivity contribution in [1.82, 2.24) is 20.0 Å². The van der Waals surface area contributed by atoms with Gasteiger partial charge in [-0.3, -0.25) is 9.69 Å². The molecule has 4 atom stereocenters. The number of anilines is 1. The maximum absolute atomic E-state index is 14.9. The molecule has 282 valence electrons. The second-order valence-corrected chi connectivity index (χ2v) is 14.4. The highest BCUT2D eigenvalue weighted by molar-refractivity contribution is 6.33. The number of nitrogens with zero attached hydrogens (tertiary/aromatic N) is 7. The van der Waals surface area contributed by atoms with Gasteiger partial charge in [0.15, 0.2) is 11.5 Å². The van der Waals surface area contributed by atoms with E-state index in [0.29, 0.717) is 32.6 Å². The molecule has 3 heterocycles. The van der Waals surface area contributed by atoms with E-state index >= 15 is 0 Å². The average molecular weight is 766 g/mol. The minimum atomic E-state index is -3.69. The van der Waals surface area contributed by atoms with Crippen molar-refractivity contribution < 1.29 is 40.7 Å². The summed E-state index contributed by atoms with van der Waals surface area (Å²) in [5, 5.41) is 9.90. The largest absolute Gasteiger partial charge is 0.447 e. The normalized spacial score (nSPS) is 22.8. The van der Waals surface area contributed by atoms with E-state index in [4.69, 9.17) is 27.1 Å². The third-order valence-corrected chi connectivity index (χ3v) is 9.21. The average Bonchev–Trinajstić information content (AvgIpc) is 3.58. The van der Waals surface area contributed by atoms with Gasteiger partial charge in [-0.2, -0.15) is 32.8 Å². The van der Waals surface area contributed by atoms with Gasteiger partial charge in [-0.25, -0.2) is 28.2 Å². The van der Waals surface area contributed by atoms with Gasteiger partial charge in [0.2, 0.25) is 6.43 Å². The number of benzene rings is 2. The van der Waals surface area contributed by atoms with E-state index in [0.717, 1.165) is 11.2 Å². The Morgan fingerprint density at radius 2 is 1.83 bits per heavy atom. The Morgan fingerprint density at radius 3 is 2.43 bits per heavy atom. The Labute approximate surface area is 304 Å². The summed E-state index contributed by atoms with van der Waals surface area (Å²) in [6.07, 6.45) is 0.195. The highest BCUT2D eigenvalue weighted by Crippen LogP contribution is 2.46. The molecule has 2 amide bonds. The molecule has 3 N–H and O–H groups in total. The second-order valence-electron chi connectivity index (χ2n) is 14.0. The topological polar surface area (TPSA) is 143 Å². The summed E-state index contributed by atoms with van der Waals surface area (Å²) in [4.78, 5) is 36.8. The van der Waals surface area contributed by atoms with E-state index in [1.807, 2.05) is 20.8 Å². The van der Waals surface area contributed by atoms with Crippen LogP contribution < -0.4 is 16.1 Å². The molecule has 0 unspecified atom stereocenters. The molecule has 53 heavy (non-hydrogen) atoms. The van der Waals surface area contributed by atoms with Crippen LogP contribution in [0.3, 0.4) is 0 Å². The number of ether oxygens (including phenoxy) is 1. The molecule has 2 aliphatic heterocycles. The van der Waals surface area contributed by atoms with Crippen LogP contribution in [0.25, 0.3) is 11.1 Å². The fourth-order valence-electron chi connectivity index (χ4n) is 6.39. The summed E-state index contributed by atoms with van der Waals surface area (Å²) in [5.74, 6) is -1.97. The summed E-state index contributed by atoms with van der Waals surface area (Å²) in [7, 11) is 0. The van der Waals surface area contributed by atoms with Crippen molar-refractivity contribution in [3.8, 4) is 11.1 Å². The number of hydrazone groups is 1. The fraction of sp³-hybridized carbons (Fsp3) is 0.412. The third kappa shape index (κ3) is 7.68. The molecule has 0 saturated heterocycles. The number of amides is 2. The van der Waals surface area contributed by atoms with Gasteiger partial charge in [-0.15, -0.1) is 0 Å². The number of rotatable bonds is 11. The Hall–Kier alpha value is -5.13. The van der Waals surface area contributed by atoms with E-state index in [-0.39, 0.29) is 35.1 Å². The van der Waals surface area contributed by atoms with Gasteiger partial charge in [0.05, 0.1) is 29.2 Å². The molecule has 2 aromatic carbocycles. The lowest BCUT2D eigenvalue weighted by Gasteiger charge is -2.35. The van der Waals surface area contributed by atoms with Gasteiger partial charge in [0, 0.05) is 23.7 Å². The van der Waals surface area contributed by atoms with Gasteiger partial charge < -0.3 is 15.8 Å². The standard InChI is InChI=1S/C34H34ClF6N9O3/c1-32(2,3)15-33(21-7-4-18(5-8-21)20-12-44-48(13-20)29(38)39)28(51)49(30(42)47-33)26(14-53-31(52)46-24-11-22(24)27(36)37)19-6-9-23(35)25(10-19)50-34(40,41)16-43-17-45-50/h4-10,12-13,16-17,22,24,26-27,29H,11,14-15H2,1-3H3,(H2,42,47)(H,46,52)/t22-,24-,26+,33+/m0/s1. The Morgan fingerprint density at radius 1 is 1.11 bits per heavy atom. The summed E-state index contributed by atoms with van der Waals surface area (Å²) in [6.45, 7) is 2.20. The van der Waals surface area contributed by atoms with Gasteiger partial charge in [0.25, 0.3) is 5.91 Å². The third-order valence-electron chi connectivity index (χ3n) is 8.89. The van der Waals surface area contributed by atoms with Crippen molar-refractivity contribution in [3.63, 3.8) is 0 Å². The lowest BCUT2D eigenvalue weighted by molar-refractivity contribution is -0.135. The van der Waals surface area contributed by atoms with Crippen LogP contribution in [-0.2, 0) is 15.1 Å². The first kappa shape index (κ1) is 37.6. The number of aliphatic imine (C=N–C) groups is 2. The molecular weight excluding hydrogens is 732 g/mol. The first-order chi connectivity index (χ1) is 24.9. The Balaban J connectivity index is 1.38. The predicted molar refractivity (Wildman–Crippen MR) is 184 cm³/mol. The van der Waals surface area contributed by atoms with E-state index < -0.39 is 66.6 Å². The zero-order valence-electron chi connectivity index (χ0n) is 28.4. The number of nitrogens with two attached hydrogens (primary N) is 1. The molecular formula is C34H34ClF6N9O3. The molecule has 0 radical (unpaired) electrons. The predicted octanol–water partition coefficient (Wildman–Crippen LogP) is 6.94. The summed E-state index contributed by atoms with van der Waals surface area (Å²) < 4.78 is 88.4. The second kappa shape index (κ2) is 14.0. The van der Waals surface area contributed by atoms with Crippen LogP contribution in [0.5, 0.6) is 0 Å². The van der Waals surface area contributed by atoms with E-state index in [1.165, 1.54) is 30.6 Å². The highest BCUT2D eigenvalue weighted by Gasteiger charge is 2.53. The molecule has 12 nitrogen and oxygen atoms in total. The number of aromatic nitrogens is 2. The molecule has 1 aliphatic carbocycles. The number of alkyl halides is 6. The van der Waals surface area contributed by atoms with Crippen LogP contribution in [0.2, 0.25) is 5.02 Å². The maximum atomic E-state index is 14.9. The van der Waals surface area contributed by atoms with Crippen molar-refractivity contribution in [2.24, 2.45) is 32.2 Å². The van der Waals surface area contributed by atoms with Crippen LogP contribution in [0.4, 0.5) is 36.8 Å². The van der Waals surface area contributed by atoms with Crippen LogP contribution >= 0.6 is 11.6 Å². The number of nitrogens with one attached hydrogen (secondary N) is 1. The van der Waals surface area contributed by atoms with Crippen LogP contribution in [0.15, 0.2) is 69.9 Å². The minimum absolute atomic E-state index is 0.0531. The molecule has 19 heteroatoms. The summed E-state index contributed by atoms with van der Waals surface area (Å²) in [6, 6.07) is 4.62. The Kier molecular flexibility index (Phi) is 9.95. The van der Waals surface area contributed by atoms with Crippen LogP contribution in [0.1, 0.15) is 57.3 Å². The zero-order valence-corrected chi connectivity index (χ0v) is 29.2. The maximum Gasteiger partial charge on any atom is 0.407 e. The molecule has 1 aromatic heterocycles. The van der Waals surface area contributed by atoms with Crippen LogP contribution in [-0.4, -0.2) is 70.3 Å². The number of guanidine groups is 1.